The molecule has 0 bridgehead atoms. The van der Waals surface area contributed by atoms with Crippen molar-refractivity contribution in [3.63, 3.8) is 0 Å². The van der Waals surface area contributed by atoms with Crippen LogP contribution < -0.4 is 5.32 Å². The Hall–Kier alpha value is -2.02. The first kappa shape index (κ1) is 19.3. The number of nitrogens with zero attached hydrogens (tertiary/aromatic N) is 1. The summed E-state index contributed by atoms with van der Waals surface area (Å²) in [6.07, 6.45) is 2.27. The Labute approximate surface area is 152 Å². The number of ether oxygens (including phenoxy) is 1. The quantitative estimate of drug-likeness (QED) is 0.564. The molecule has 1 atom stereocenters. The van der Waals surface area contributed by atoms with E-state index < -0.39 is 5.97 Å². The van der Waals surface area contributed by atoms with Crippen LogP contribution in [0.4, 0.5) is 0 Å². The Balaban J connectivity index is 1.87. The van der Waals surface area contributed by atoms with Gasteiger partial charge in [0.25, 0.3) is 5.91 Å². The third kappa shape index (κ3) is 6.08. The summed E-state index contributed by atoms with van der Waals surface area (Å²) in [7, 11) is 3.37. The van der Waals surface area contributed by atoms with Crippen molar-refractivity contribution in [3.05, 3.63) is 29.8 Å². The van der Waals surface area contributed by atoms with Gasteiger partial charge in [-0.2, -0.15) is 0 Å². The summed E-state index contributed by atoms with van der Waals surface area (Å²) < 4.78 is 5.13. The van der Waals surface area contributed by atoms with Gasteiger partial charge in [0.15, 0.2) is 6.61 Å². The Bertz CT molecular complexity index is 644. The van der Waals surface area contributed by atoms with Gasteiger partial charge in [-0.3, -0.25) is 9.59 Å². The monoisotopic (exact) mass is 364 g/mol. The lowest BCUT2D eigenvalue weighted by Crippen LogP contribution is -2.37. The van der Waals surface area contributed by atoms with Gasteiger partial charge >= 0.3 is 5.97 Å². The number of amides is 2. The molecule has 1 fully saturated rings. The molecular formula is C18H24N2O4S. The molecular weight excluding hydrogens is 340 g/mol. The second kappa shape index (κ2) is 8.89. The van der Waals surface area contributed by atoms with Gasteiger partial charge in [-0.1, -0.05) is 12.1 Å². The average molecular weight is 364 g/mol. The molecule has 1 aromatic rings. The van der Waals surface area contributed by atoms with Crippen LogP contribution >= 0.6 is 11.8 Å². The molecule has 25 heavy (non-hydrogen) atoms. The Morgan fingerprint density at radius 2 is 1.96 bits per heavy atom. The number of thioether (sulfide) groups is 1. The minimum atomic E-state index is -0.561. The molecule has 0 heterocycles. The van der Waals surface area contributed by atoms with E-state index in [1.807, 2.05) is 6.92 Å². The number of rotatable bonds is 8. The van der Waals surface area contributed by atoms with E-state index in [-0.39, 0.29) is 30.2 Å². The first-order chi connectivity index (χ1) is 11.9. The van der Waals surface area contributed by atoms with Crippen LogP contribution in [0.5, 0.6) is 0 Å². The lowest BCUT2D eigenvalue weighted by Gasteiger charge is -2.14. The molecule has 1 aliphatic rings. The fraction of sp³-hybridized carbons (Fsp3) is 0.500. The number of hydrogen-bond donors (Lipinski definition) is 1. The van der Waals surface area contributed by atoms with Gasteiger partial charge in [-0.05, 0) is 37.8 Å². The summed E-state index contributed by atoms with van der Waals surface area (Å²) in [4.78, 5) is 38.0. The van der Waals surface area contributed by atoms with Crippen LogP contribution in [0.1, 0.15) is 30.1 Å². The molecule has 0 saturated heterocycles. The van der Waals surface area contributed by atoms with Crippen LogP contribution in [0.15, 0.2) is 29.2 Å². The van der Waals surface area contributed by atoms with Gasteiger partial charge in [0.05, 0.1) is 11.3 Å². The normalized spacial score (nSPS) is 14.5. The summed E-state index contributed by atoms with van der Waals surface area (Å²) in [5.74, 6) is -0.112. The predicted molar refractivity (Wildman–Crippen MR) is 96.5 cm³/mol. The SMILES string of the molecule is C[C@H](NC(=O)COC(=O)c1ccccc1SCC(=O)N(C)C)C1CC1. The molecule has 0 radical (unpaired) electrons. The Morgan fingerprint density at radius 1 is 1.28 bits per heavy atom. The number of carbonyl (C=O) groups is 3. The van der Waals surface area contributed by atoms with Gasteiger partial charge in [0.2, 0.25) is 5.91 Å². The molecule has 6 nitrogen and oxygen atoms in total. The van der Waals surface area contributed by atoms with Crippen molar-refractivity contribution in [1.82, 2.24) is 10.2 Å². The fourth-order valence-electron chi connectivity index (χ4n) is 2.25. The molecule has 7 heteroatoms. The van der Waals surface area contributed by atoms with Gasteiger partial charge in [0.1, 0.15) is 0 Å². The lowest BCUT2D eigenvalue weighted by atomic mass is 10.2. The second-order valence-electron chi connectivity index (χ2n) is 6.34. The van der Waals surface area contributed by atoms with E-state index in [4.69, 9.17) is 4.74 Å². The zero-order chi connectivity index (χ0) is 18.4. The molecule has 1 aromatic carbocycles. The zero-order valence-electron chi connectivity index (χ0n) is 14.8. The molecule has 0 spiro atoms. The molecule has 0 unspecified atom stereocenters. The van der Waals surface area contributed by atoms with E-state index in [9.17, 15) is 14.4 Å². The van der Waals surface area contributed by atoms with Crippen molar-refractivity contribution in [2.45, 2.75) is 30.7 Å². The van der Waals surface area contributed by atoms with Crippen molar-refractivity contribution >= 4 is 29.5 Å². The van der Waals surface area contributed by atoms with E-state index in [1.54, 1.807) is 38.4 Å². The van der Waals surface area contributed by atoms with Crippen LogP contribution in [-0.2, 0) is 14.3 Å². The highest BCUT2D eigenvalue weighted by Crippen LogP contribution is 2.32. The molecule has 136 valence electrons. The summed E-state index contributed by atoms with van der Waals surface area (Å²) in [5.41, 5.74) is 0.363. The van der Waals surface area contributed by atoms with Crippen LogP contribution in [0, 0.1) is 5.92 Å². The van der Waals surface area contributed by atoms with Crippen LogP contribution in [-0.4, -0.2) is 55.2 Å². The predicted octanol–water partition coefficient (Wildman–Crippen LogP) is 1.94. The van der Waals surface area contributed by atoms with E-state index in [0.717, 1.165) is 12.8 Å². The maximum Gasteiger partial charge on any atom is 0.339 e. The topological polar surface area (TPSA) is 75.7 Å². The summed E-state index contributed by atoms with van der Waals surface area (Å²) >= 11 is 1.28. The third-order valence-corrected chi connectivity index (χ3v) is 5.07. The van der Waals surface area contributed by atoms with Crippen molar-refractivity contribution in [2.24, 2.45) is 5.92 Å². The highest BCUT2D eigenvalue weighted by molar-refractivity contribution is 8.00. The average Bonchev–Trinajstić information content (AvgIpc) is 3.42. The summed E-state index contributed by atoms with van der Waals surface area (Å²) in [6.45, 7) is 1.66. The fourth-order valence-corrected chi connectivity index (χ4v) is 3.27. The van der Waals surface area contributed by atoms with Crippen molar-refractivity contribution in [1.29, 1.82) is 0 Å². The van der Waals surface area contributed by atoms with E-state index in [2.05, 4.69) is 5.32 Å². The maximum absolute atomic E-state index is 12.3. The highest BCUT2D eigenvalue weighted by atomic mass is 32.2. The van der Waals surface area contributed by atoms with E-state index in [0.29, 0.717) is 16.4 Å². The molecule has 2 amide bonds. The number of nitrogens with one attached hydrogen (secondary N) is 1. The number of benzene rings is 1. The third-order valence-electron chi connectivity index (χ3n) is 4.01. The lowest BCUT2D eigenvalue weighted by molar-refractivity contribution is -0.126. The van der Waals surface area contributed by atoms with Gasteiger partial charge in [-0.25, -0.2) is 4.79 Å². The van der Waals surface area contributed by atoms with Gasteiger partial charge in [0, 0.05) is 25.0 Å². The summed E-state index contributed by atoms with van der Waals surface area (Å²) in [5, 5.41) is 2.84. The number of hydrogen-bond acceptors (Lipinski definition) is 5. The molecule has 1 aliphatic carbocycles. The van der Waals surface area contributed by atoms with E-state index >= 15 is 0 Å². The first-order valence-corrected chi connectivity index (χ1v) is 9.25. The highest BCUT2D eigenvalue weighted by Gasteiger charge is 2.29. The van der Waals surface area contributed by atoms with Crippen molar-refractivity contribution in [3.8, 4) is 0 Å². The Kier molecular flexibility index (Phi) is 6.87. The van der Waals surface area contributed by atoms with Crippen LogP contribution in [0.2, 0.25) is 0 Å². The summed E-state index contributed by atoms with van der Waals surface area (Å²) in [6, 6.07) is 7.04. The maximum atomic E-state index is 12.3. The van der Waals surface area contributed by atoms with Gasteiger partial charge in [-0.15, -0.1) is 11.8 Å². The zero-order valence-corrected chi connectivity index (χ0v) is 15.6. The molecule has 2 rings (SSSR count). The van der Waals surface area contributed by atoms with Gasteiger partial charge < -0.3 is 15.0 Å². The first-order valence-electron chi connectivity index (χ1n) is 8.27. The molecule has 1 N–H and O–H groups in total. The molecule has 0 aliphatic heterocycles. The van der Waals surface area contributed by atoms with Crippen LogP contribution in [0.25, 0.3) is 0 Å². The smallest absolute Gasteiger partial charge is 0.339 e. The largest absolute Gasteiger partial charge is 0.452 e. The minimum Gasteiger partial charge on any atom is -0.452 e. The minimum absolute atomic E-state index is 0.0402. The number of esters is 1. The number of carbonyl (C=O) groups excluding carboxylic acids is 3. The van der Waals surface area contributed by atoms with Crippen molar-refractivity contribution in [2.75, 3.05) is 26.5 Å². The van der Waals surface area contributed by atoms with Crippen molar-refractivity contribution < 1.29 is 19.1 Å². The standard InChI is InChI=1S/C18H24N2O4S/c1-12(13-8-9-13)19-16(21)10-24-18(23)14-6-4-5-7-15(14)25-11-17(22)20(2)3/h4-7,12-13H,8-11H2,1-3H3,(H,19,21)/t12-/m0/s1. The molecule has 1 saturated carbocycles. The Morgan fingerprint density at radius 3 is 2.60 bits per heavy atom. The molecule has 0 aromatic heterocycles. The van der Waals surface area contributed by atoms with E-state index in [1.165, 1.54) is 16.7 Å². The van der Waals surface area contributed by atoms with Crippen LogP contribution in [0.3, 0.4) is 0 Å². The second-order valence-corrected chi connectivity index (χ2v) is 7.36.